The number of halogens is 1. The molecule has 23 heavy (non-hydrogen) atoms. The molecule has 0 bridgehead atoms. The molecule has 128 valence electrons. The first-order valence-corrected chi connectivity index (χ1v) is 7.56. The number of hydrogen-bond acceptors (Lipinski definition) is 4. The molecule has 7 heteroatoms. The zero-order valence-electron chi connectivity index (χ0n) is 13.4. The highest BCUT2D eigenvalue weighted by molar-refractivity contribution is 5.92. The van der Waals surface area contributed by atoms with E-state index in [4.69, 9.17) is 4.74 Å². The molecular formula is C16H24ClN3O3. The van der Waals surface area contributed by atoms with E-state index in [2.05, 4.69) is 16.0 Å². The number of morpholine rings is 1. The predicted octanol–water partition coefficient (Wildman–Crippen LogP) is 1.31. The molecule has 1 saturated heterocycles. The molecule has 0 saturated carbocycles. The summed E-state index contributed by atoms with van der Waals surface area (Å²) in [6.07, 6.45) is -0.418. The van der Waals surface area contributed by atoms with Crippen molar-refractivity contribution < 1.29 is 14.3 Å². The van der Waals surface area contributed by atoms with Crippen molar-refractivity contribution >= 4 is 29.9 Å². The number of anilines is 1. The summed E-state index contributed by atoms with van der Waals surface area (Å²) in [7, 11) is 0. The predicted molar refractivity (Wildman–Crippen MR) is 91.6 cm³/mol. The lowest BCUT2D eigenvalue weighted by Gasteiger charge is -2.22. The number of benzene rings is 1. The lowest BCUT2D eigenvalue weighted by atomic mass is 10.1. The van der Waals surface area contributed by atoms with E-state index in [1.807, 2.05) is 38.1 Å². The molecule has 3 N–H and O–H groups in total. The van der Waals surface area contributed by atoms with Crippen LogP contribution in [-0.4, -0.2) is 37.6 Å². The van der Waals surface area contributed by atoms with Gasteiger partial charge in [0.15, 0.2) is 0 Å². The van der Waals surface area contributed by atoms with Crippen LogP contribution >= 0.6 is 12.4 Å². The minimum atomic E-state index is -0.418. The monoisotopic (exact) mass is 341 g/mol. The molecule has 1 unspecified atom stereocenters. The molecule has 2 amide bonds. The van der Waals surface area contributed by atoms with Crippen molar-refractivity contribution in [1.29, 1.82) is 0 Å². The van der Waals surface area contributed by atoms with Crippen LogP contribution in [0.15, 0.2) is 24.3 Å². The smallest absolute Gasteiger partial charge is 0.250 e. The summed E-state index contributed by atoms with van der Waals surface area (Å²) in [5.74, 6) is -0.171. The fourth-order valence-electron chi connectivity index (χ4n) is 2.03. The molecule has 0 radical (unpaired) electrons. The third kappa shape index (κ3) is 6.17. The van der Waals surface area contributed by atoms with Gasteiger partial charge in [-0.15, -0.1) is 12.4 Å². The van der Waals surface area contributed by atoms with Gasteiger partial charge in [-0.3, -0.25) is 9.59 Å². The number of carbonyl (C=O) groups is 2. The highest BCUT2D eigenvalue weighted by Gasteiger charge is 2.21. The van der Waals surface area contributed by atoms with Crippen molar-refractivity contribution in [1.82, 2.24) is 10.6 Å². The van der Waals surface area contributed by atoms with E-state index in [0.29, 0.717) is 19.7 Å². The second-order valence-corrected chi connectivity index (χ2v) is 5.62. The molecule has 1 fully saturated rings. The Morgan fingerprint density at radius 1 is 1.30 bits per heavy atom. The van der Waals surface area contributed by atoms with E-state index in [1.165, 1.54) is 0 Å². The van der Waals surface area contributed by atoms with Crippen LogP contribution in [0, 0.1) is 5.92 Å². The van der Waals surface area contributed by atoms with Gasteiger partial charge in [-0.05, 0) is 17.7 Å². The van der Waals surface area contributed by atoms with Crippen LogP contribution in [-0.2, 0) is 20.9 Å². The molecule has 1 aliphatic heterocycles. The van der Waals surface area contributed by atoms with Gasteiger partial charge < -0.3 is 20.7 Å². The van der Waals surface area contributed by atoms with E-state index in [0.717, 1.165) is 17.8 Å². The number of amides is 2. The zero-order chi connectivity index (χ0) is 15.9. The number of rotatable bonds is 5. The quantitative estimate of drug-likeness (QED) is 0.754. The molecule has 1 heterocycles. The highest BCUT2D eigenvalue weighted by Crippen LogP contribution is 2.11. The van der Waals surface area contributed by atoms with Crippen molar-refractivity contribution in [3.05, 3.63) is 29.8 Å². The molecule has 0 aromatic heterocycles. The van der Waals surface area contributed by atoms with Crippen LogP contribution in [0.4, 0.5) is 5.69 Å². The standard InChI is InChI=1S/C16H23N3O3.ClH/c1-11(2)15(20)19-13-5-3-12(4-6-13)9-18-16(21)14-10-17-7-8-22-14;/h3-6,11,14,17H,7-10H2,1-2H3,(H,18,21)(H,19,20);1H. The molecule has 1 aromatic carbocycles. The fraction of sp³-hybridized carbons (Fsp3) is 0.500. The number of nitrogens with one attached hydrogen (secondary N) is 3. The molecule has 1 atom stereocenters. The zero-order valence-corrected chi connectivity index (χ0v) is 14.2. The molecule has 1 aromatic rings. The van der Waals surface area contributed by atoms with Gasteiger partial charge in [-0.2, -0.15) is 0 Å². The van der Waals surface area contributed by atoms with E-state index in [9.17, 15) is 9.59 Å². The van der Waals surface area contributed by atoms with Crippen LogP contribution in [0.2, 0.25) is 0 Å². The summed E-state index contributed by atoms with van der Waals surface area (Å²) in [5.41, 5.74) is 1.73. The van der Waals surface area contributed by atoms with E-state index >= 15 is 0 Å². The Balaban J connectivity index is 0.00000264. The van der Waals surface area contributed by atoms with E-state index in [1.54, 1.807) is 0 Å². The second kappa shape index (κ2) is 9.50. The van der Waals surface area contributed by atoms with Gasteiger partial charge in [0.05, 0.1) is 6.61 Å². The molecule has 1 aliphatic rings. The maximum absolute atomic E-state index is 11.9. The minimum Gasteiger partial charge on any atom is -0.366 e. The minimum absolute atomic E-state index is 0. The molecule has 0 spiro atoms. The van der Waals surface area contributed by atoms with Crippen LogP contribution in [0.5, 0.6) is 0 Å². The van der Waals surface area contributed by atoms with Crippen LogP contribution in [0.1, 0.15) is 19.4 Å². The van der Waals surface area contributed by atoms with Crippen molar-refractivity contribution in [2.75, 3.05) is 25.0 Å². The first-order chi connectivity index (χ1) is 10.6. The van der Waals surface area contributed by atoms with Crippen molar-refractivity contribution in [2.24, 2.45) is 5.92 Å². The number of ether oxygens (including phenoxy) is 1. The van der Waals surface area contributed by atoms with Gasteiger partial charge >= 0.3 is 0 Å². The summed E-state index contributed by atoms with van der Waals surface area (Å²) >= 11 is 0. The summed E-state index contributed by atoms with van der Waals surface area (Å²) in [6.45, 7) is 6.03. The van der Waals surface area contributed by atoms with Crippen LogP contribution in [0.3, 0.4) is 0 Å². The van der Waals surface area contributed by atoms with Gasteiger partial charge in [0, 0.05) is 31.2 Å². The number of carbonyl (C=O) groups excluding carboxylic acids is 2. The first kappa shape index (κ1) is 19.4. The summed E-state index contributed by atoms with van der Waals surface area (Å²) in [6, 6.07) is 7.44. The third-order valence-corrected chi connectivity index (χ3v) is 3.43. The van der Waals surface area contributed by atoms with E-state index in [-0.39, 0.29) is 30.1 Å². The van der Waals surface area contributed by atoms with Gasteiger partial charge in [-0.1, -0.05) is 26.0 Å². The maximum Gasteiger partial charge on any atom is 0.250 e. The van der Waals surface area contributed by atoms with E-state index < -0.39 is 6.10 Å². The third-order valence-electron chi connectivity index (χ3n) is 3.43. The molecule has 0 aliphatic carbocycles. The summed E-state index contributed by atoms with van der Waals surface area (Å²) < 4.78 is 5.39. The Kier molecular flexibility index (Phi) is 8.02. The van der Waals surface area contributed by atoms with Gasteiger partial charge in [-0.25, -0.2) is 0 Å². The van der Waals surface area contributed by atoms with Crippen molar-refractivity contribution in [3.63, 3.8) is 0 Å². The highest BCUT2D eigenvalue weighted by atomic mass is 35.5. The van der Waals surface area contributed by atoms with Gasteiger partial charge in [0.2, 0.25) is 5.91 Å². The van der Waals surface area contributed by atoms with Crippen molar-refractivity contribution in [3.8, 4) is 0 Å². The summed E-state index contributed by atoms with van der Waals surface area (Å²) in [5, 5.41) is 8.81. The Labute approximate surface area is 142 Å². The lowest BCUT2D eigenvalue weighted by molar-refractivity contribution is -0.134. The van der Waals surface area contributed by atoms with Crippen molar-refractivity contribution in [2.45, 2.75) is 26.5 Å². The fourth-order valence-corrected chi connectivity index (χ4v) is 2.03. The van der Waals surface area contributed by atoms with Gasteiger partial charge in [0.25, 0.3) is 5.91 Å². The SMILES string of the molecule is CC(C)C(=O)Nc1ccc(CNC(=O)C2CNCCO2)cc1.Cl. The Hall–Kier alpha value is -1.63. The molecule has 2 rings (SSSR count). The van der Waals surface area contributed by atoms with Crippen LogP contribution in [0.25, 0.3) is 0 Å². The molecule has 6 nitrogen and oxygen atoms in total. The Morgan fingerprint density at radius 2 is 2.00 bits per heavy atom. The molecular weight excluding hydrogens is 318 g/mol. The van der Waals surface area contributed by atoms with Crippen LogP contribution < -0.4 is 16.0 Å². The Morgan fingerprint density at radius 3 is 2.57 bits per heavy atom. The second-order valence-electron chi connectivity index (χ2n) is 5.62. The number of hydrogen-bond donors (Lipinski definition) is 3. The maximum atomic E-state index is 11.9. The first-order valence-electron chi connectivity index (χ1n) is 7.56. The average molecular weight is 342 g/mol. The lowest BCUT2D eigenvalue weighted by Crippen LogP contribution is -2.47. The summed E-state index contributed by atoms with van der Waals surface area (Å²) in [4.78, 5) is 23.5. The largest absolute Gasteiger partial charge is 0.366 e. The normalized spacial score (nSPS) is 17.3. The van der Waals surface area contributed by atoms with Gasteiger partial charge in [0.1, 0.15) is 6.10 Å². The average Bonchev–Trinajstić information content (AvgIpc) is 2.54. The topological polar surface area (TPSA) is 79.5 Å². The Bertz CT molecular complexity index is 514.